The molecule has 0 aliphatic heterocycles. The summed E-state index contributed by atoms with van der Waals surface area (Å²) < 4.78 is 0. The van der Waals surface area contributed by atoms with E-state index in [-0.39, 0.29) is 11.4 Å². The lowest BCUT2D eigenvalue weighted by Gasteiger charge is -2.03. The van der Waals surface area contributed by atoms with Gasteiger partial charge < -0.3 is 15.4 Å². The van der Waals surface area contributed by atoms with Crippen molar-refractivity contribution in [2.75, 3.05) is 0 Å². The van der Waals surface area contributed by atoms with Crippen LogP contribution >= 0.6 is 0 Å². The van der Waals surface area contributed by atoms with Gasteiger partial charge in [0.25, 0.3) is 5.91 Å². The zero-order chi connectivity index (χ0) is 13.0. The van der Waals surface area contributed by atoms with Gasteiger partial charge in [-0.25, -0.2) is 9.78 Å². The fourth-order valence-corrected chi connectivity index (χ4v) is 1.49. The number of benzene rings is 1. The van der Waals surface area contributed by atoms with Crippen LogP contribution < -0.4 is 5.32 Å². The van der Waals surface area contributed by atoms with Crippen molar-refractivity contribution in [2.24, 2.45) is 0 Å². The summed E-state index contributed by atoms with van der Waals surface area (Å²) in [7, 11) is 0. The average molecular weight is 245 g/mol. The van der Waals surface area contributed by atoms with E-state index < -0.39 is 11.9 Å². The Morgan fingerprint density at radius 1 is 1.28 bits per heavy atom. The summed E-state index contributed by atoms with van der Waals surface area (Å²) in [6.45, 7) is 0.325. The van der Waals surface area contributed by atoms with Crippen LogP contribution in [0, 0.1) is 0 Å². The minimum absolute atomic E-state index is 0.113. The molecule has 0 bridgehead atoms. The summed E-state index contributed by atoms with van der Waals surface area (Å²) in [5, 5.41) is 11.4. The molecule has 1 amide bonds. The number of carboxylic acid groups (broad SMARTS) is 1. The summed E-state index contributed by atoms with van der Waals surface area (Å²) in [4.78, 5) is 28.7. The monoisotopic (exact) mass is 245 g/mol. The van der Waals surface area contributed by atoms with Crippen LogP contribution in [-0.2, 0) is 6.54 Å². The Morgan fingerprint density at radius 2 is 2.00 bits per heavy atom. The smallest absolute Gasteiger partial charge is 0.354 e. The first-order valence-electron chi connectivity index (χ1n) is 5.27. The van der Waals surface area contributed by atoms with Gasteiger partial charge in [0.2, 0.25) is 0 Å². The van der Waals surface area contributed by atoms with Gasteiger partial charge in [-0.15, -0.1) is 0 Å². The zero-order valence-corrected chi connectivity index (χ0v) is 9.38. The number of amides is 1. The molecule has 1 heterocycles. The first-order chi connectivity index (χ1) is 8.68. The van der Waals surface area contributed by atoms with Gasteiger partial charge >= 0.3 is 5.97 Å². The van der Waals surface area contributed by atoms with E-state index >= 15 is 0 Å². The largest absolute Gasteiger partial charge is 0.477 e. The third kappa shape index (κ3) is 2.54. The minimum atomic E-state index is -1.21. The van der Waals surface area contributed by atoms with E-state index in [0.717, 1.165) is 5.56 Å². The quantitative estimate of drug-likeness (QED) is 0.749. The number of carbonyl (C=O) groups is 2. The zero-order valence-electron chi connectivity index (χ0n) is 9.38. The second-order valence-electron chi connectivity index (χ2n) is 3.60. The number of aromatic amines is 1. The summed E-state index contributed by atoms with van der Waals surface area (Å²) >= 11 is 0. The minimum Gasteiger partial charge on any atom is -0.477 e. The Kier molecular flexibility index (Phi) is 3.38. The van der Waals surface area contributed by atoms with E-state index in [1.165, 1.54) is 6.33 Å². The number of carboxylic acids is 1. The Hall–Kier alpha value is -2.63. The van der Waals surface area contributed by atoms with Crippen molar-refractivity contribution in [1.82, 2.24) is 15.3 Å². The maximum Gasteiger partial charge on any atom is 0.354 e. The molecule has 18 heavy (non-hydrogen) atoms. The molecule has 6 nitrogen and oxygen atoms in total. The summed E-state index contributed by atoms with van der Waals surface area (Å²) in [5.41, 5.74) is 0.609. The molecule has 1 aromatic heterocycles. The molecule has 0 saturated carbocycles. The molecule has 3 N–H and O–H groups in total. The van der Waals surface area contributed by atoms with Gasteiger partial charge in [-0.3, -0.25) is 4.79 Å². The fraction of sp³-hybridized carbons (Fsp3) is 0.0833. The molecular formula is C12H11N3O3. The standard InChI is InChI=1S/C12H11N3O3/c16-11(9-10(12(17)18)15-7-14-9)13-6-8-4-2-1-3-5-8/h1-5,7H,6H2,(H,13,16)(H,14,15)(H,17,18). The van der Waals surface area contributed by atoms with Gasteiger partial charge in [-0.05, 0) is 5.56 Å². The lowest BCUT2D eigenvalue weighted by Crippen LogP contribution is -2.25. The summed E-state index contributed by atoms with van der Waals surface area (Å²) in [5.74, 6) is -1.73. The molecule has 0 unspecified atom stereocenters. The highest BCUT2D eigenvalue weighted by Gasteiger charge is 2.19. The third-order valence-corrected chi connectivity index (χ3v) is 2.36. The van der Waals surface area contributed by atoms with Crippen LogP contribution in [-0.4, -0.2) is 27.0 Å². The maximum absolute atomic E-state index is 11.7. The second-order valence-corrected chi connectivity index (χ2v) is 3.60. The predicted molar refractivity (Wildman–Crippen MR) is 63.2 cm³/mol. The number of hydrogen-bond acceptors (Lipinski definition) is 3. The molecule has 6 heteroatoms. The van der Waals surface area contributed by atoms with Crippen LogP contribution in [0.4, 0.5) is 0 Å². The normalized spacial score (nSPS) is 10.0. The van der Waals surface area contributed by atoms with Crippen LogP contribution in [0.5, 0.6) is 0 Å². The van der Waals surface area contributed by atoms with Gasteiger partial charge in [-0.2, -0.15) is 0 Å². The van der Waals surface area contributed by atoms with Crippen molar-refractivity contribution in [3.05, 3.63) is 53.6 Å². The van der Waals surface area contributed by atoms with E-state index in [4.69, 9.17) is 5.11 Å². The van der Waals surface area contributed by atoms with Gasteiger partial charge in [0.05, 0.1) is 6.33 Å². The van der Waals surface area contributed by atoms with Crippen molar-refractivity contribution in [2.45, 2.75) is 6.54 Å². The van der Waals surface area contributed by atoms with Gasteiger partial charge in [-0.1, -0.05) is 30.3 Å². The number of H-pyrrole nitrogens is 1. The van der Waals surface area contributed by atoms with Crippen molar-refractivity contribution >= 4 is 11.9 Å². The molecule has 0 radical (unpaired) electrons. The Morgan fingerprint density at radius 3 is 2.67 bits per heavy atom. The SMILES string of the molecule is O=C(NCc1ccccc1)c1nc[nH]c1C(=O)O. The molecule has 1 aromatic carbocycles. The highest BCUT2D eigenvalue weighted by molar-refractivity contribution is 6.02. The van der Waals surface area contributed by atoms with Crippen molar-refractivity contribution in [3.63, 3.8) is 0 Å². The molecule has 0 atom stereocenters. The lowest BCUT2D eigenvalue weighted by atomic mass is 10.2. The molecule has 0 spiro atoms. The van der Waals surface area contributed by atoms with Crippen LogP contribution in [0.3, 0.4) is 0 Å². The highest BCUT2D eigenvalue weighted by Crippen LogP contribution is 2.04. The third-order valence-electron chi connectivity index (χ3n) is 2.36. The van der Waals surface area contributed by atoms with Crippen LogP contribution in [0.15, 0.2) is 36.7 Å². The Bertz CT molecular complexity index is 563. The topological polar surface area (TPSA) is 95.1 Å². The average Bonchev–Trinajstić information content (AvgIpc) is 2.86. The molecule has 0 fully saturated rings. The molecule has 92 valence electrons. The van der Waals surface area contributed by atoms with E-state index in [9.17, 15) is 9.59 Å². The van der Waals surface area contributed by atoms with Gasteiger partial charge in [0.15, 0.2) is 11.4 Å². The summed E-state index contributed by atoms with van der Waals surface area (Å²) in [6.07, 6.45) is 1.18. The first-order valence-corrected chi connectivity index (χ1v) is 5.27. The number of imidazole rings is 1. The molecule has 0 aliphatic carbocycles. The fourth-order valence-electron chi connectivity index (χ4n) is 1.49. The van der Waals surface area contributed by atoms with E-state index in [1.54, 1.807) is 0 Å². The molecule has 2 aromatic rings. The number of hydrogen-bond donors (Lipinski definition) is 3. The molecular weight excluding hydrogens is 234 g/mol. The first kappa shape index (κ1) is 11.8. The molecule has 0 aliphatic rings. The van der Waals surface area contributed by atoms with Crippen molar-refractivity contribution < 1.29 is 14.7 Å². The van der Waals surface area contributed by atoms with E-state index in [1.807, 2.05) is 30.3 Å². The number of aromatic nitrogens is 2. The number of aromatic carboxylic acids is 1. The number of nitrogens with one attached hydrogen (secondary N) is 2. The number of rotatable bonds is 4. The van der Waals surface area contributed by atoms with E-state index in [0.29, 0.717) is 6.54 Å². The second kappa shape index (κ2) is 5.13. The molecule has 2 rings (SSSR count). The Balaban J connectivity index is 2.04. The summed E-state index contributed by atoms with van der Waals surface area (Å²) in [6, 6.07) is 9.32. The van der Waals surface area contributed by atoms with Crippen LogP contribution in [0.2, 0.25) is 0 Å². The van der Waals surface area contributed by atoms with Gasteiger partial charge in [0, 0.05) is 6.54 Å². The Labute approximate surface area is 103 Å². The van der Waals surface area contributed by atoms with Crippen molar-refractivity contribution in [3.8, 4) is 0 Å². The number of carbonyl (C=O) groups excluding carboxylic acids is 1. The maximum atomic E-state index is 11.7. The lowest BCUT2D eigenvalue weighted by molar-refractivity contribution is 0.0685. The van der Waals surface area contributed by atoms with E-state index in [2.05, 4.69) is 15.3 Å². The predicted octanol–water partition coefficient (Wildman–Crippen LogP) is 1.04. The van der Waals surface area contributed by atoms with Crippen LogP contribution in [0.25, 0.3) is 0 Å². The van der Waals surface area contributed by atoms with Gasteiger partial charge in [0.1, 0.15) is 0 Å². The molecule has 0 saturated heterocycles. The van der Waals surface area contributed by atoms with Crippen LogP contribution in [0.1, 0.15) is 26.5 Å². The van der Waals surface area contributed by atoms with Crippen molar-refractivity contribution in [1.29, 1.82) is 0 Å². The number of nitrogens with zero attached hydrogens (tertiary/aromatic N) is 1. The highest BCUT2D eigenvalue weighted by atomic mass is 16.4.